The van der Waals surface area contributed by atoms with E-state index in [-0.39, 0.29) is 6.42 Å². The van der Waals surface area contributed by atoms with Gasteiger partial charge in [0.15, 0.2) is 18.1 Å². The van der Waals surface area contributed by atoms with Gasteiger partial charge >= 0.3 is 5.97 Å². The number of carbonyl (C=O) groups excluding carboxylic acids is 2. The van der Waals surface area contributed by atoms with Crippen LogP contribution in [-0.4, -0.2) is 32.7 Å². The Hall–Kier alpha value is -2.73. The van der Waals surface area contributed by atoms with E-state index in [1.54, 1.807) is 24.3 Å². The van der Waals surface area contributed by atoms with Gasteiger partial charge in [0, 0.05) is 0 Å². The fourth-order valence-electron chi connectivity index (χ4n) is 2.60. The van der Waals surface area contributed by atoms with Crippen LogP contribution in [0.3, 0.4) is 0 Å². The van der Waals surface area contributed by atoms with Crippen molar-refractivity contribution in [2.45, 2.75) is 20.3 Å². The molecule has 0 spiro atoms. The second-order valence-electron chi connectivity index (χ2n) is 6.01. The van der Waals surface area contributed by atoms with E-state index in [1.807, 2.05) is 19.9 Å². The third-order valence-corrected chi connectivity index (χ3v) is 4.15. The zero-order valence-electron chi connectivity index (χ0n) is 15.7. The van der Waals surface area contributed by atoms with E-state index in [9.17, 15) is 9.59 Å². The van der Waals surface area contributed by atoms with Crippen LogP contribution in [0.15, 0.2) is 30.3 Å². The maximum atomic E-state index is 12.1. The monoisotopic (exact) mass is 391 g/mol. The summed E-state index contributed by atoms with van der Waals surface area (Å²) in [5.74, 6) is 0.109. The molecule has 0 saturated heterocycles. The number of carbonyl (C=O) groups is 2. The molecule has 0 bridgehead atoms. The van der Waals surface area contributed by atoms with E-state index >= 15 is 0 Å². The molecule has 0 unspecified atom stereocenters. The molecule has 0 aliphatic heterocycles. The Labute approximate surface area is 163 Å². The summed E-state index contributed by atoms with van der Waals surface area (Å²) in [4.78, 5) is 24.1. The van der Waals surface area contributed by atoms with Gasteiger partial charge in [0.1, 0.15) is 0 Å². The standard InChI is InChI=1S/C20H22ClNO5/c1-12-7-13(2)20(15(21)8-12)22-18(23)11-27-19(24)10-14-5-6-16(25-3)17(9-14)26-4/h5-9H,10-11H2,1-4H3,(H,22,23). The Kier molecular flexibility index (Phi) is 7.07. The Morgan fingerprint density at radius 3 is 2.37 bits per heavy atom. The van der Waals surface area contributed by atoms with Gasteiger partial charge in [0.2, 0.25) is 0 Å². The van der Waals surface area contributed by atoms with Crippen LogP contribution in [0.25, 0.3) is 0 Å². The summed E-state index contributed by atoms with van der Waals surface area (Å²) in [6.07, 6.45) is 0.0119. The van der Waals surface area contributed by atoms with Gasteiger partial charge in [0.25, 0.3) is 5.91 Å². The highest BCUT2D eigenvalue weighted by molar-refractivity contribution is 6.34. The van der Waals surface area contributed by atoms with E-state index in [1.165, 1.54) is 14.2 Å². The first kappa shape index (κ1) is 20.6. The topological polar surface area (TPSA) is 73.9 Å². The molecule has 6 nitrogen and oxygen atoms in total. The average molecular weight is 392 g/mol. The van der Waals surface area contributed by atoms with Gasteiger partial charge in [-0.3, -0.25) is 9.59 Å². The van der Waals surface area contributed by atoms with Crippen molar-refractivity contribution in [3.63, 3.8) is 0 Å². The van der Waals surface area contributed by atoms with Gasteiger partial charge in [-0.05, 0) is 48.7 Å². The van der Waals surface area contributed by atoms with Crippen LogP contribution in [0.2, 0.25) is 5.02 Å². The summed E-state index contributed by atoms with van der Waals surface area (Å²) >= 11 is 6.16. The number of hydrogen-bond donors (Lipinski definition) is 1. The van der Waals surface area contributed by atoms with Crippen LogP contribution in [0, 0.1) is 13.8 Å². The summed E-state index contributed by atoms with van der Waals surface area (Å²) in [5.41, 5.74) is 3.04. The lowest BCUT2D eigenvalue weighted by atomic mass is 10.1. The lowest BCUT2D eigenvalue weighted by Gasteiger charge is -2.12. The first-order valence-corrected chi connectivity index (χ1v) is 8.65. The zero-order chi connectivity index (χ0) is 20.0. The minimum absolute atomic E-state index is 0.0119. The number of halogens is 1. The highest BCUT2D eigenvalue weighted by atomic mass is 35.5. The normalized spacial score (nSPS) is 10.3. The fraction of sp³-hybridized carbons (Fsp3) is 0.300. The van der Waals surface area contributed by atoms with Gasteiger partial charge in [-0.1, -0.05) is 23.7 Å². The third kappa shape index (κ3) is 5.62. The molecule has 0 fully saturated rings. The highest BCUT2D eigenvalue weighted by Gasteiger charge is 2.13. The van der Waals surface area contributed by atoms with Crippen molar-refractivity contribution in [3.8, 4) is 11.5 Å². The van der Waals surface area contributed by atoms with Crippen molar-refractivity contribution in [2.75, 3.05) is 26.1 Å². The van der Waals surface area contributed by atoms with Gasteiger partial charge in [0.05, 0.1) is 31.4 Å². The van der Waals surface area contributed by atoms with Crippen LogP contribution in [0.5, 0.6) is 11.5 Å². The van der Waals surface area contributed by atoms with Crippen LogP contribution >= 0.6 is 11.6 Å². The third-order valence-electron chi connectivity index (χ3n) is 3.86. The zero-order valence-corrected chi connectivity index (χ0v) is 16.5. The van der Waals surface area contributed by atoms with Crippen molar-refractivity contribution < 1.29 is 23.8 Å². The van der Waals surface area contributed by atoms with Gasteiger partial charge in [-0.2, -0.15) is 0 Å². The molecule has 0 aliphatic carbocycles. The lowest BCUT2D eigenvalue weighted by Crippen LogP contribution is -2.22. The number of esters is 1. The number of benzene rings is 2. The summed E-state index contributed by atoms with van der Waals surface area (Å²) < 4.78 is 15.4. The second kappa shape index (κ2) is 9.28. The number of nitrogens with one attached hydrogen (secondary N) is 1. The van der Waals surface area contributed by atoms with Crippen molar-refractivity contribution >= 4 is 29.2 Å². The summed E-state index contributed by atoms with van der Waals surface area (Å²) in [6, 6.07) is 8.79. The molecule has 144 valence electrons. The van der Waals surface area contributed by atoms with Crippen LogP contribution < -0.4 is 14.8 Å². The number of methoxy groups -OCH3 is 2. The smallest absolute Gasteiger partial charge is 0.310 e. The summed E-state index contributed by atoms with van der Waals surface area (Å²) in [6.45, 7) is 3.37. The van der Waals surface area contributed by atoms with Gasteiger partial charge in [-0.25, -0.2) is 0 Å². The Morgan fingerprint density at radius 1 is 1.04 bits per heavy atom. The molecule has 0 atom stereocenters. The predicted octanol–water partition coefficient (Wildman–Crippen LogP) is 3.70. The quantitative estimate of drug-likeness (QED) is 0.728. The number of amides is 1. The molecule has 0 aromatic heterocycles. The van der Waals surface area contributed by atoms with E-state index < -0.39 is 18.5 Å². The molecule has 0 heterocycles. The summed E-state index contributed by atoms with van der Waals surface area (Å²) in [7, 11) is 3.05. The predicted molar refractivity (Wildman–Crippen MR) is 104 cm³/mol. The molecule has 1 N–H and O–H groups in total. The Morgan fingerprint density at radius 2 is 1.74 bits per heavy atom. The molecule has 27 heavy (non-hydrogen) atoms. The first-order valence-electron chi connectivity index (χ1n) is 8.27. The molecular weight excluding hydrogens is 370 g/mol. The van der Waals surface area contributed by atoms with E-state index in [0.717, 1.165) is 11.1 Å². The minimum Gasteiger partial charge on any atom is -0.493 e. The molecule has 0 aliphatic rings. The van der Waals surface area contributed by atoms with Crippen molar-refractivity contribution in [2.24, 2.45) is 0 Å². The SMILES string of the molecule is COc1ccc(CC(=O)OCC(=O)Nc2c(C)cc(C)cc2Cl)cc1OC. The van der Waals surface area contributed by atoms with Crippen molar-refractivity contribution in [3.05, 3.63) is 52.0 Å². The summed E-state index contributed by atoms with van der Waals surface area (Å²) in [5, 5.41) is 3.12. The maximum Gasteiger partial charge on any atom is 0.310 e. The molecule has 2 aromatic rings. The lowest BCUT2D eigenvalue weighted by molar-refractivity contribution is -0.146. The van der Waals surface area contributed by atoms with Gasteiger partial charge in [-0.15, -0.1) is 0 Å². The van der Waals surface area contributed by atoms with Gasteiger partial charge < -0.3 is 19.5 Å². The highest BCUT2D eigenvalue weighted by Crippen LogP contribution is 2.28. The maximum absolute atomic E-state index is 12.1. The van der Waals surface area contributed by atoms with Crippen LogP contribution in [0.4, 0.5) is 5.69 Å². The molecular formula is C20H22ClNO5. The molecule has 2 aromatic carbocycles. The number of anilines is 1. The molecule has 2 rings (SSSR count). The van der Waals surface area contributed by atoms with E-state index in [0.29, 0.717) is 27.8 Å². The van der Waals surface area contributed by atoms with Crippen LogP contribution in [0.1, 0.15) is 16.7 Å². The fourth-order valence-corrected chi connectivity index (χ4v) is 2.97. The van der Waals surface area contributed by atoms with E-state index in [2.05, 4.69) is 5.32 Å². The number of hydrogen-bond acceptors (Lipinski definition) is 5. The number of rotatable bonds is 7. The number of ether oxygens (including phenoxy) is 3. The minimum atomic E-state index is -0.524. The molecule has 0 radical (unpaired) electrons. The second-order valence-corrected chi connectivity index (χ2v) is 6.42. The Bertz CT molecular complexity index is 827. The molecule has 7 heteroatoms. The van der Waals surface area contributed by atoms with Crippen molar-refractivity contribution in [1.82, 2.24) is 0 Å². The van der Waals surface area contributed by atoms with Crippen LogP contribution in [-0.2, 0) is 20.7 Å². The molecule has 1 amide bonds. The van der Waals surface area contributed by atoms with Crippen molar-refractivity contribution in [1.29, 1.82) is 0 Å². The average Bonchev–Trinajstić information content (AvgIpc) is 2.62. The molecule has 0 saturated carbocycles. The Balaban J connectivity index is 1.91. The first-order chi connectivity index (χ1) is 12.8. The largest absolute Gasteiger partial charge is 0.493 e. The number of aryl methyl sites for hydroxylation is 2. The van der Waals surface area contributed by atoms with E-state index in [4.69, 9.17) is 25.8 Å².